The van der Waals surface area contributed by atoms with Gasteiger partial charge in [0.15, 0.2) is 0 Å². The fraction of sp³-hybridized carbons (Fsp3) is 0.348. The number of thiophene rings is 1. The van der Waals surface area contributed by atoms with Crippen molar-refractivity contribution in [3.05, 3.63) is 58.5 Å². The van der Waals surface area contributed by atoms with Crippen molar-refractivity contribution >= 4 is 33.2 Å². The molecule has 0 bridgehead atoms. The van der Waals surface area contributed by atoms with E-state index < -0.39 is 5.60 Å². The molecule has 0 unspecified atom stereocenters. The van der Waals surface area contributed by atoms with E-state index in [2.05, 4.69) is 24.4 Å². The van der Waals surface area contributed by atoms with Gasteiger partial charge < -0.3 is 9.47 Å². The molecule has 0 fully saturated rings. The maximum Gasteiger partial charge on any atom is 0.414 e. The molecule has 2 aromatic carbocycles. The first kappa shape index (κ1) is 18.8. The molecule has 0 aliphatic carbocycles. The zero-order valence-corrected chi connectivity index (χ0v) is 17.6. The van der Waals surface area contributed by atoms with E-state index in [9.17, 15) is 4.79 Å². The van der Waals surface area contributed by atoms with E-state index in [1.807, 2.05) is 45.0 Å². The minimum Gasteiger partial charge on any atom is -0.487 e. The number of fused-ring (bicyclic) bond motifs is 3. The molecule has 0 radical (unpaired) electrons. The summed E-state index contributed by atoms with van der Waals surface area (Å²) < 4.78 is 13.0. The summed E-state index contributed by atoms with van der Waals surface area (Å²) in [6.07, 6.45) is 0.536. The summed E-state index contributed by atoms with van der Waals surface area (Å²) in [5.74, 6) is 0.825. The van der Waals surface area contributed by atoms with Gasteiger partial charge >= 0.3 is 6.09 Å². The van der Waals surface area contributed by atoms with Gasteiger partial charge in [0.25, 0.3) is 0 Å². The van der Waals surface area contributed by atoms with E-state index in [4.69, 9.17) is 9.47 Å². The third kappa shape index (κ3) is 3.59. The van der Waals surface area contributed by atoms with Crippen LogP contribution < -0.4 is 9.64 Å². The third-order valence-corrected chi connectivity index (χ3v) is 5.92. The van der Waals surface area contributed by atoms with Crippen LogP contribution in [0.4, 0.5) is 10.5 Å². The van der Waals surface area contributed by atoms with E-state index in [1.54, 1.807) is 16.2 Å². The van der Waals surface area contributed by atoms with Crippen LogP contribution in [0.3, 0.4) is 0 Å². The molecule has 4 rings (SSSR count). The Morgan fingerprint density at radius 2 is 1.96 bits per heavy atom. The lowest BCUT2D eigenvalue weighted by Gasteiger charge is -2.25. The molecule has 146 valence electrons. The van der Waals surface area contributed by atoms with Crippen molar-refractivity contribution < 1.29 is 14.3 Å². The molecule has 2 heterocycles. The second-order valence-corrected chi connectivity index (χ2v) is 9.03. The Balaban J connectivity index is 1.71. The zero-order valence-electron chi connectivity index (χ0n) is 16.7. The third-order valence-electron chi connectivity index (χ3n) is 4.80. The van der Waals surface area contributed by atoms with E-state index in [-0.39, 0.29) is 6.09 Å². The van der Waals surface area contributed by atoms with Crippen molar-refractivity contribution in [2.24, 2.45) is 0 Å². The summed E-state index contributed by atoms with van der Waals surface area (Å²) in [7, 11) is 0. The van der Waals surface area contributed by atoms with Gasteiger partial charge in [-0.15, -0.1) is 11.3 Å². The monoisotopic (exact) mass is 395 g/mol. The number of aryl methyl sites for hydroxylation is 1. The maximum atomic E-state index is 12.7. The molecule has 1 aliphatic rings. The molecule has 28 heavy (non-hydrogen) atoms. The predicted molar refractivity (Wildman–Crippen MR) is 115 cm³/mol. The van der Waals surface area contributed by atoms with E-state index in [0.29, 0.717) is 13.2 Å². The van der Waals surface area contributed by atoms with Gasteiger partial charge in [-0.2, -0.15) is 0 Å². The molecule has 0 spiro atoms. The molecule has 0 atom stereocenters. The average molecular weight is 396 g/mol. The average Bonchev–Trinajstić information content (AvgIpc) is 3.23. The molecule has 1 aliphatic heterocycles. The first-order valence-corrected chi connectivity index (χ1v) is 10.4. The van der Waals surface area contributed by atoms with Gasteiger partial charge in [-0.3, -0.25) is 4.90 Å². The lowest BCUT2D eigenvalue weighted by atomic mass is 10.0. The lowest BCUT2D eigenvalue weighted by Crippen LogP contribution is -2.35. The number of hydrogen-bond acceptors (Lipinski definition) is 4. The largest absolute Gasteiger partial charge is 0.487 e. The van der Waals surface area contributed by atoms with E-state index >= 15 is 0 Å². The SMILES string of the molecule is Cc1csc2c(OCc3ccccc3)cc3c(c12)CCN3C(=O)OC(C)(C)C. The number of amides is 1. The number of carbonyl (C=O) groups is 1. The van der Waals surface area contributed by atoms with Gasteiger partial charge in [0.1, 0.15) is 18.0 Å². The van der Waals surface area contributed by atoms with Crippen LogP contribution in [-0.4, -0.2) is 18.2 Å². The number of rotatable bonds is 3. The Bertz CT molecular complexity index is 1020. The topological polar surface area (TPSA) is 38.8 Å². The van der Waals surface area contributed by atoms with Crippen LogP contribution in [0.25, 0.3) is 10.1 Å². The van der Waals surface area contributed by atoms with Crippen molar-refractivity contribution in [2.75, 3.05) is 11.4 Å². The number of nitrogens with zero attached hydrogens (tertiary/aromatic N) is 1. The molecule has 1 amide bonds. The Morgan fingerprint density at radius 3 is 2.68 bits per heavy atom. The fourth-order valence-corrected chi connectivity index (χ4v) is 4.64. The fourth-order valence-electron chi connectivity index (χ4n) is 3.59. The normalized spacial score (nSPS) is 13.6. The van der Waals surface area contributed by atoms with Crippen molar-refractivity contribution in [3.8, 4) is 5.75 Å². The molecule has 1 aromatic heterocycles. The Kier molecular flexibility index (Phi) is 4.79. The Morgan fingerprint density at radius 1 is 1.21 bits per heavy atom. The summed E-state index contributed by atoms with van der Waals surface area (Å²) in [5, 5.41) is 3.38. The van der Waals surface area contributed by atoms with Crippen LogP contribution in [-0.2, 0) is 17.8 Å². The van der Waals surface area contributed by atoms with Crippen molar-refractivity contribution in [2.45, 2.75) is 46.3 Å². The number of ether oxygens (including phenoxy) is 2. The summed E-state index contributed by atoms with van der Waals surface area (Å²) >= 11 is 1.70. The zero-order chi connectivity index (χ0) is 19.9. The Labute approximate surface area is 169 Å². The van der Waals surface area contributed by atoms with Crippen molar-refractivity contribution in [3.63, 3.8) is 0 Å². The first-order valence-electron chi connectivity index (χ1n) is 9.54. The number of hydrogen-bond donors (Lipinski definition) is 0. The quantitative estimate of drug-likeness (QED) is 0.539. The smallest absolute Gasteiger partial charge is 0.414 e. The molecule has 0 N–H and O–H groups in total. The van der Waals surface area contributed by atoms with E-state index in [0.717, 1.165) is 28.1 Å². The van der Waals surface area contributed by atoms with Gasteiger partial charge in [-0.05, 0) is 56.2 Å². The van der Waals surface area contributed by atoms with Gasteiger partial charge in [-0.25, -0.2) is 4.79 Å². The molecule has 0 saturated carbocycles. The van der Waals surface area contributed by atoms with Gasteiger partial charge in [0, 0.05) is 18.0 Å². The van der Waals surface area contributed by atoms with Crippen molar-refractivity contribution in [1.82, 2.24) is 0 Å². The highest BCUT2D eigenvalue weighted by Gasteiger charge is 2.32. The summed E-state index contributed by atoms with van der Waals surface area (Å²) in [6, 6.07) is 12.1. The number of benzene rings is 2. The van der Waals surface area contributed by atoms with Crippen molar-refractivity contribution in [1.29, 1.82) is 0 Å². The Hall–Kier alpha value is -2.53. The highest BCUT2D eigenvalue weighted by molar-refractivity contribution is 7.17. The molecule has 5 heteroatoms. The number of anilines is 1. The molecule has 3 aromatic rings. The molecule has 0 saturated heterocycles. The van der Waals surface area contributed by atoms with Gasteiger partial charge in [0.2, 0.25) is 0 Å². The predicted octanol–water partition coefficient (Wildman–Crippen LogP) is 6.09. The highest BCUT2D eigenvalue weighted by Crippen LogP contribution is 2.44. The van der Waals surface area contributed by atoms with Crippen LogP contribution in [0.15, 0.2) is 41.8 Å². The molecule has 4 nitrogen and oxygen atoms in total. The highest BCUT2D eigenvalue weighted by atomic mass is 32.1. The number of carbonyl (C=O) groups excluding carboxylic acids is 1. The standard InChI is InChI=1S/C23H25NO3S/c1-15-14-28-21-19(26-13-16-8-6-5-7-9-16)12-18-17(20(15)21)10-11-24(18)22(25)27-23(2,3)4/h5-9,12,14H,10-11,13H2,1-4H3. The second kappa shape index (κ2) is 7.13. The van der Waals surface area contributed by atoms with Crippen LogP contribution in [0.2, 0.25) is 0 Å². The van der Waals surface area contributed by atoms with Crippen LogP contribution in [0.1, 0.15) is 37.5 Å². The minimum absolute atomic E-state index is 0.299. The summed E-state index contributed by atoms with van der Waals surface area (Å²) in [6.45, 7) is 8.93. The maximum absolute atomic E-state index is 12.7. The lowest BCUT2D eigenvalue weighted by molar-refractivity contribution is 0.0584. The van der Waals surface area contributed by atoms with Crippen LogP contribution in [0, 0.1) is 6.92 Å². The van der Waals surface area contributed by atoms with Gasteiger partial charge in [-0.1, -0.05) is 30.3 Å². The molecular formula is C23H25NO3S. The van der Waals surface area contributed by atoms with Crippen LogP contribution >= 0.6 is 11.3 Å². The van der Waals surface area contributed by atoms with Crippen LogP contribution in [0.5, 0.6) is 5.75 Å². The second-order valence-electron chi connectivity index (χ2n) is 8.15. The summed E-state index contributed by atoms with van der Waals surface area (Å²) in [5.41, 5.74) is 3.95. The first-order chi connectivity index (χ1) is 13.3. The van der Waals surface area contributed by atoms with E-state index in [1.165, 1.54) is 16.5 Å². The summed E-state index contributed by atoms with van der Waals surface area (Å²) in [4.78, 5) is 14.5. The minimum atomic E-state index is -0.519. The van der Waals surface area contributed by atoms with Gasteiger partial charge in [0.05, 0.1) is 10.4 Å². The molecular weight excluding hydrogens is 370 g/mol.